The molecule has 3 aromatic rings. The van der Waals surface area contributed by atoms with Crippen LogP contribution in [-0.2, 0) is 6.54 Å². The van der Waals surface area contributed by atoms with Gasteiger partial charge in [-0.3, -0.25) is 4.79 Å². The molecule has 0 N–H and O–H groups in total. The van der Waals surface area contributed by atoms with Gasteiger partial charge in [0, 0.05) is 17.5 Å². The lowest BCUT2D eigenvalue weighted by molar-refractivity contribution is 0.103. The number of carbonyl (C=O) groups is 1. The zero-order chi connectivity index (χ0) is 14.1. The highest BCUT2D eigenvalue weighted by molar-refractivity contribution is 6.26. The standard InChI is InChI=1S/C19H13NO/c1-11-9-12-6-4-8-15-16(12)17(19(11)21)18-14-7-3-2-5-13(14)10-20(15)18/h2-9H,10H2,1H3. The first kappa shape index (κ1) is 11.1. The third-order valence-corrected chi connectivity index (χ3v) is 4.68. The highest BCUT2D eigenvalue weighted by Crippen LogP contribution is 2.44. The van der Waals surface area contributed by atoms with E-state index in [1.54, 1.807) is 0 Å². The van der Waals surface area contributed by atoms with Crippen molar-refractivity contribution in [2.45, 2.75) is 13.5 Å². The van der Waals surface area contributed by atoms with E-state index in [2.05, 4.69) is 47.0 Å². The van der Waals surface area contributed by atoms with Gasteiger partial charge in [0.15, 0.2) is 5.78 Å². The van der Waals surface area contributed by atoms with E-state index in [1.165, 1.54) is 22.2 Å². The second-order valence-electron chi connectivity index (χ2n) is 5.86. The summed E-state index contributed by atoms with van der Waals surface area (Å²) in [7, 11) is 0. The first-order valence-corrected chi connectivity index (χ1v) is 7.22. The molecule has 0 bridgehead atoms. The predicted octanol–water partition coefficient (Wildman–Crippen LogP) is 4.27. The number of fused-ring (bicyclic) bond motifs is 5. The van der Waals surface area contributed by atoms with Crippen molar-refractivity contribution < 1.29 is 4.79 Å². The molecule has 0 amide bonds. The fraction of sp³-hybridized carbons (Fsp3) is 0.105. The van der Waals surface area contributed by atoms with Crippen LogP contribution in [0.4, 0.5) is 0 Å². The topological polar surface area (TPSA) is 22.0 Å². The Kier molecular flexibility index (Phi) is 1.86. The number of allylic oxidation sites excluding steroid dienone is 1. The maximum absolute atomic E-state index is 12.8. The average molecular weight is 271 g/mol. The van der Waals surface area contributed by atoms with Gasteiger partial charge in [-0.2, -0.15) is 0 Å². The zero-order valence-corrected chi connectivity index (χ0v) is 11.7. The smallest absolute Gasteiger partial charge is 0.191 e. The van der Waals surface area contributed by atoms with Crippen LogP contribution in [0.1, 0.15) is 28.4 Å². The molecule has 5 rings (SSSR count). The van der Waals surface area contributed by atoms with Gasteiger partial charge in [-0.05, 0) is 35.8 Å². The maximum atomic E-state index is 12.8. The van der Waals surface area contributed by atoms with Gasteiger partial charge < -0.3 is 4.57 Å². The molecule has 1 aromatic heterocycles. The van der Waals surface area contributed by atoms with Crippen LogP contribution in [0.2, 0.25) is 0 Å². The van der Waals surface area contributed by atoms with Crippen molar-refractivity contribution in [3.8, 4) is 11.3 Å². The first-order chi connectivity index (χ1) is 10.3. The molecule has 0 spiro atoms. The van der Waals surface area contributed by atoms with Crippen LogP contribution in [0.3, 0.4) is 0 Å². The minimum atomic E-state index is 0.171. The van der Waals surface area contributed by atoms with E-state index in [4.69, 9.17) is 0 Å². The van der Waals surface area contributed by atoms with Gasteiger partial charge in [0.25, 0.3) is 0 Å². The molecule has 100 valence electrons. The lowest BCUT2D eigenvalue weighted by Crippen LogP contribution is -2.06. The molecule has 0 atom stereocenters. The molecule has 0 saturated carbocycles. The number of carbonyl (C=O) groups excluding carboxylic acids is 1. The van der Waals surface area contributed by atoms with Crippen molar-refractivity contribution >= 4 is 22.8 Å². The summed E-state index contributed by atoms with van der Waals surface area (Å²) in [5.74, 6) is 0.171. The van der Waals surface area contributed by atoms with Crippen molar-refractivity contribution in [1.82, 2.24) is 4.57 Å². The molecule has 0 fully saturated rings. The molecular formula is C19H13NO. The van der Waals surface area contributed by atoms with Crippen molar-refractivity contribution in [3.63, 3.8) is 0 Å². The van der Waals surface area contributed by atoms with Gasteiger partial charge in [-0.25, -0.2) is 0 Å². The van der Waals surface area contributed by atoms with Crippen molar-refractivity contribution in [2.24, 2.45) is 0 Å². The van der Waals surface area contributed by atoms with E-state index in [1.807, 2.05) is 13.0 Å². The molecule has 0 unspecified atom stereocenters. The number of aromatic nitrogens is 1. The molecular weight excluding hydrogens is 258 g/mol. The number of ketones is 1. The molecule has 1 aliphatic heterocycles. The van der Waals surface area contributed by atoms with Crippen LogP contribution in [0.15, 0.2) is 48.0 Å². The third kappa shape index (κ3) is 1.21. The summed E-state index contributed by atoms with van der Waals surface area (Å²) in [6.45, 7) is 2.77. The molecule has 2 heteroatoms. The summed E-state index contributed by atoms with van der Waals surface area (Å²) < 4.78 is 2.29. The first-order valence-electron chi connectivity index (χ1n) is 7.22. The Balaban J connectivity index is 2.01. The van der Waals surface area contributed by atoms with E-state index in [-0.39, 0.29) is 5.78 Å². The van der Waals surface area contributed by atoms with Crippen LogP contribution in [-0.4, -0.2) is 10.4 Å². The summed E-state index contributed by atoms with van der Waals surface area (Å²) in [5, 5.41) is 1.12. The number of Topliss-reactive ketones (excluding diaryl/α,β-unsaturated/α-hetero) is 1. The number of nitrogens with zero attached hydrogens (tertiary/aromatic N) is 1. The minimum absolute atomic E-state index is 0.171. The van der Waals surface area contributed by atoms with Crippen LogP contribution >= 0.6 is 0 Å². The Morgan fingerprint density at radius 1 is 1.05 bits per heavy atom. The Labute approximate surface area is 122 Å². The fourth-order valence-corrected chi connectivity index (χ4v) is 3.77. The molecule has 2 nitrogen and oxygen atoms in total. The van der Waals surface area contributed by atoms with Gasteiger partial charge in [0.05, 0.1) is 16.8 Å². The second kappa shape index (κ2) is 3.53. The van der Waals surface area contributed by atoms with E-state index < -0.39 is 0 Å². The lowest BCUT2D eigenvalue weighted by atomic mass is 9.89. The fourth-order valence-electron chi connectivity index (χ4n) is 3.77. The summed E-state index contributed by atoms with van der Waals surface area (Å²) >= 11 is 0. The van der Waals surface area contributed by atoms with Crippen LogP contribution < -0.4 is 0 Å². The molecule has 2 aromatic carbocycles. The number of benzene rings is 2. The summed E-state index contributed by atoms with van der Waals surface area (Å²) in [6, 6.07) is 14.7. The van der Waals surface area contributed by atoms with E-state index >= 15 is 0 Å². The quantitative estimate of drug-likeness (QED) is 0.468. The van der Waals surface area contributed by atoms with Gasteiger partial charge in [0.1, 0.15) is 0 Å². The lowest BCUT2D eigenvalue weighted by Gasteiger charge is -2.11. The number of hydrogen-bond acceptors (Lipinski definition) is 1. The summed E-state index contributed by atoms with van der Waals surface area (Å²) in [6.07, 6.45) is 2.01. The monoisotopic (exact) mass is 271 g/mol. The highest BCUT2D eigenvalue weighted by Gasteiger charge is 2.32. The van der Waals surface area contributed by atoms with Gasteiger partial charge in [-0.15, -0.1) is 0 Å². The average Bonchev–Trinajstić information content (AvgIpc) is 3.01. The van der Waals surface area contributed by atoms with Crippen molar-refractivity contribution in [1.29, 1.82) is 0 Å². The summed E-state index contributed by atoms with van der Waals surface area (Å²) in [4.78, 5) is 12.8. The zero-order valence-electron chi connectivity index (χ0n) is 11.7. The van der Waals surface area contributed by atoms with Crippen LogP contribution in [0, 0.1) is 0 Å². The van der Waals surface area contributed by atoms with E-state index in [0.717, 1.165) is 28.8 Å². The van der Waals surface area contributed by atoms with Gasteiger partial charge >= 0.3 is 0 Å². The SMILES string of the molecule is CC1=Cc2cccc3c2c(c2n3Cc3ccccc3-2)C1=O. The molecule has 0 saturated heterocycles. The summed E-state index contributed by atoms with van der Waals surface area (Å²) in [5.41, 5.74) is 7.67. The Morgan fingerprint density at radius 2 is 1.90 bits per heavy atom. The number of rotatable bonds is 0. The number of hydrogen-bond donors (Lipinski definition) is 0. The Morgan fingerprint density at radius 3 is 2.81 bits per heavy atom. The molecule has 2 heterocycles. The highest BCUT2D eigenvalue weighted by atomic mass is 16.1. The molecule has 2 aliphatic rings. The van der Waals surface area contributed by atoms with E-state index in [9.17, 15) is 4.79 Å². The van der Waals surface area contributed by atoms with Crippen LogP contribution in [0.5, 0.6) is 0 Å². The molecule has 1 aliphatic carbocycles. The largest absolute Gasteiger partial charge is 0.335 e. The third-order valence-electron chi connectivity index (χ3n) is 4.68. The molecule has 0 radical (unpaired) electrons. The van der Waals surface area contributed by atoms with Crippen molar-refractivity contribution in [3.05, 3.63) is 64.7 Å². The predicted molar refractivity (Wildman–Crippen MR) is 84.5 cm³/mol. The van der Waals surface area contributed by atoms with E-state index in [0.29, 0.717) is 0 Å². The van der Waals surface area contributed by atoms with Crippen molar-refractivity contribution in [2.75, 3.05) is 0 Å². The normalized spacial score (nSPS) is 15.1. The van der Waals surface area contributed by atoms with Crippen LogP contribution in [0.25, 0.3) is 28.2 Å². The Hall–Kier alpha value is -2.61. The maximum Gasteiger partial charge on any atom is 0.191 e. The van der Waals surface area contributed by atoms with Gasteiger partial charge in [0.2, 0.25) is 0 Å². The van der Waals surface area contributed by atoms with Gasteiger partial charge in [-0.1, -0.05) is 36.4 Å². The Bertz CT molecular complexity index is 988. The second-order valence-corrected chi connectivity index (χ2v) is 5.86. The molecule has 21 heavy (non-hydrogen) atoms. The minimum Gasteiger partial charge on any atom is -0.335 e.